The Kier molecular flexibility index (Phi) is 10.2. The zero-order valence-electron chi connectivity index (χ0n) is 21.9. The van der Waals surface area contributed by atoms with E-state index in [0.717, 1.165) is 43.1 Å². The molecular formula is C27H39N3O5S. The molecule has 0 aliphatic carbocycles. The van der Waals surface area contributed by atoms with Crippen LogP contribution >= 0.6 is 0 Å². The van der Waals surface area contributed by atoms with E-state index in [-0.39, 0.29) is 16.6 Å². The maximum absolute atomic E-state index is 13.6. The summed E-state index contributed by atoms with van der Waals surface area (Å²) in [6.07, 6.45) is 3.86. The zero-order chi connectivity index (χ0) is 26.1. The third-order valence-electron chi connectivity index (χ3n) is 6.21. The molecular weight excluding hydrogens is 478 g/mol. The van der Waals surface area contributed by atoms with Crippen molar-refractivity contribution in [2.75, 3.05) is 58.4 Å². The number of carbonyl (C=O) groups is 1. The molecule has 36 heavy (non-hydrogen) atoms. The highest BCUT2D eigenvalue weighted by atomic mass is 32.2. The van der Waals surface area contributed by atoms with Crippen LogP contribution in [0.2, 0.25) is 0 Å². The number of amides is 1. The Morgan fingerprint density at radius 1 is 1.00 bits per heavy atom. The Morgan fingerprint density at radius 3 is 2.17 bits per heavy atom. The Labute approximate surface area is 215 Å². The standard InChI is InChI=1S/C27H39N3O5S/c1-5-7-14-29(15-8-6-2)24-20-22(27(31)30-16-18-34-19-17-30)21-25(36(32,33)28(3)4)26(24)35-23-12-10-9-11-13-23/h9-13,20-21H,5-8,14-19H2,1-4H3. The van der Waals surface area contributed by atoms with Crippen LogP contribution in [0, 0.1) is 0 Å². The quantitative estimate of drug-likeness (QED) is 0.409. The Bertz CT molecular complexity index is 1090. The first kappa shape index (κ1) is 28.0. The number of morpholine rings is 1. The number of unbranched alkanes of at least 4 members (excludes halogenated alkanes) is 2. The van der Waals surface area contributed by atoms with E-state index in [0.29, 0.717) is 43.3 Å². The molecule has 1 fully saturated rings. The van der Waals surface area contributed by atoms with Crippen molar-refractivity contribution in [3.05, 3.63) is 48.0 Å². The van der Waals surface area contributed by atoms with Crippen LogP contribution in [0.1, 0.15) is 49.9 Å². The van der Waals surface area contributed by atoms with E-state index in [1.807, 2.05) is 18.2 Å². The molecule has 0 atom stereocenters. The maximum Gasteiger partial charge on any atom is 0.254 e. The topological polar surface area (TPSA) is 79.4 Å². The predicted octanol–water partition coefficient (Wildman–Crippen LogP) is 4.61. The van der Waals surface area contributed by atoms with Gasteiger partial charge in [-0.3, -0.25) is 4.79 Å². The van der Waals surface area contributed by atoms with Gasteiger partial charge in [-0.1, -0.05) is 44.9 Å². The van der Waals surface area contributed by atoms with Gasteiger partial charge in [0.1, 0.15) is 10.6 Å². The largest absolute Gasteiger partial charge is 0.454 e. The molecule has 0 spiro atoms. The lowest BCUT2D eigenvalue weighted by molar-refractivity contribution is 0.0302. The lowest BCUT2D eigenvalue weighted by atomic mass is 10.1. The number of para-hydroxylation sites is 1. The van der Waals surface area contributed by atoms with Crippen molar-refractivity contribution in [1.29, 1.82) is 0 Å². The molecule has 0 radical (unpaired) electrons. The van der Waals surface area contributed by atoms with Crippen LogP contribution in [0.25, 0.3) is 0 Å². The molecule has 9 heteroatoms. The minimum Gasteiger partial charge on any atom is -0.454 e. The Balaban J connectivity index is 2.24. The van der Waals surface area contributed by atoms with Crippen molar-refractivity contribution in [2.24, 2.45) is 0 Å². The average molecular weight is 518 g/mol. The third kappa shape index (κ3) is 6.78. The summed E-state index contributed by atoms with van der Waals surface area (Å²) in [4.78, 5) is 17.4. The maximum atomic E-state index is 13.6. The number of hydrogen-bond acceptors (Lipinski definition) is 6. The van der Waals surface area contributed by atoms with Gasteiger partial charge in [0.05, 0.1) is 18.9 Å². The number of anilines is 1. The molecule has 0 aromatic heterocycles. The molecule has 0 saturated carbocycles. The van der Waals surface area contributed by atoms with E-state index in [1.165, 1.54) is 20.2 Å². The van der Waals surface area contributed by atoms with Crippen molar-refractivity contribution >= 4 is 21.6 Å². The number of hydrogen-bond donors (Lipinski definition) is 0. The van der Waals surface area contributed by atoms with Crippen molar-refractivity contribution < 1.29 is 22.7 Å². The van der Waals surface area contributed by atoms with Gasteiger partial charge < -0.3 is 19.3 Å². The second-order valence-corrected chi connectivity index (χ2v) is 11.2. The molecule has 198 valence electrons. The minimum atomic E-state index is -3.93. The summed E-state index contributed by atoms with van der Waals surface area (Å²) >= 11 is 0. The van der Waals surface area contributed by atoms with Crippen molar-refractivity contribution in [1.82, 2.24) is 9.21 Å². The van der Waals surface area contributed by atoms with Gasteiger partial charge in [0.2, 0.25) is 10.0 Å². The van der Waals surface area contributed by atoms with Crippen LogP contribution in [0.5, 0.6) is 11.5 Å². The Morgan fingerprint density at radius 2 is 1.61 bits per heavy atom. The second-order valence-electron chi connectivity index (χ2n) is 9.12. The highest BCUT2D eigenvalue weighted by Crippen LogP contribution is 2.41. The van der Waals surface area contributed by atoms with Crippen molar-refractivity contribution in [3.63, 3.8) is 0 Å². The molecule has 8 nitrogen and oxygen atoms in total. The molecule has 2 aromatic carbocycles. The van der Waals surface area contributed by atoms with Crippen LogP contribution in [-0.4, -0.2) is 77.0 Å². The predicted molar refractivity (Wildman–Crippen MR) is 143 cm³/mol. The van der Waals surface area contributed by atoms with Gasteiger partial charge >= 0.3 is 0 Å². The van der Waals surface area contributed by atoms with Crippen LogP contribution in [0.4, 0.5) is 5.69 Å². The lowest BCUT2D eigenvalue weighted by Gasteiger charge is -2.31. The second kappa shape index (κ2) is 13.1. The fourth-order valence-corrected chi connectivity index (χ4v) is 5.09. The third-order valence-corrected chi connectivity index (χ3v) is 8.03. The molecule has 1 aliphatic heterocycles. The van der Waals surface area contributed by atoms with Gasteiger partial charge in [-0.05, 0) is 37.1 Å². The van der Waals surface area contributed by atoms with E-state index >= 15 is 0 Å². The molecule has 1 aliphatic rings. The number of ether oxygens (including phenoxy) is 2. The lowest BCUT2D eigenvalue weighted by Crippen LogP contribution is -2.41. The fourth-order valence-electron chi connectivity index (χ4n) is 4.04. The first-order valence-corrected chi connectivity index (χ1v) is 14.2. The summed E-state index contributed by atoms with van der Waals surface area (Å²) < 4.78 is 40.0. The Hall–Kier alpha value is -2.62. The smallest absolute Gasteiger partial charge is 0.254 e. The number of sulfonamides is 1. The SMILES string of the molecule is CCCCN(CCCC)c1cc(C(=O)N2CCOCC2)cc(S(=O)(=O)N(C)C)c1Oc1ccccc1. The van der Waals surface area contributed by atoms with E-state index in [9.17, 15) is 13.2 Å². The summed E-state index contributed by atoms with van der Waals surface area (Å²) in [7, 11) is -0.946. The average Bonchev–Trinajstić information content (AvgIpc) is 2.89. The van der Waals surface area contributed by atoms with Crippen molar-refractivity contribution in [3.8, 4) is 11.5 Å². The fraction of sp³-hybridized carbons (Fsp3) is 0.519. The zero-order valence-corrected chi connectivity index (χ0v) is 22.7. The van der Waals surface area contributed by atoms with Gasteiger partial charge in [-0.2, -0.15) is 0 Å². The summed E-state index contributed by atoms with van der Waals surface area (Å²) in [5, 5.41) is 0. The molecule has 3 rings (SSSR count). The molecule has 1 heterocycles. The number of carbonyl (C=O) groups excluding carboxylic acids is 1. The van der Waals surface area contributed by atoms with E-state index in [4.69, 9.17) is 9.47 Å². The number of benzene rings is 2. The van der Waals surface area contributed by atoms with Gasteiger partial charge in [0, 0.05) is 45.8 Å². The van der Waals surface area contributed by atoms with Crippen LogP contribution in [-0.2, 0) is 14.8 Å². The highest BCUT2D eigenvalue weighted by molar-refractivity contribution is 7.89. The summed E-state index contributed by atoms with van der Waals surface area (Å²) in [5.41, 5.74) is 0.964. The van der Waals surface area contributed by atoms with Crippen LogP contribution in [0.3, 0.4) is 0 Å². The minimum absolute atomic E-state index is 0.0107. The summed E-state index contributed by atoms with van der Waals surface area (Å²) in [5.74, 6) is 0.583. The number of rotatable bonds is 12. The summed E-state index contributed by atoms with van der Waals surface area (Å²) in [6, 6.07) is 12.4. The van der Waals surface area contributed by atoms with Crippen LogP contribution in [0.15, 0.2) is 47.4 Å². The first-order chi connectivity index (χ1) is 17.3. The molecule has 1 amide bonds. The van der Waals surface area contributed by atoms with E-state index in [2.05, 4.69) is 18.7 Å². The molecule has 0 bridgehead atoms. The molecule has 0 N–H and O–H groups in total. The number of nitrogens with zero attached hydrogens (tertiary/aromatic N) is 3. The molecule has 2 aromatic rings. The normalized spacial score (nSPS) is 14.2. The first-order valence-electron chi connectivity index (χ1n) is 12.7. The van der Waals surface area contributed by atoms with Gasteiger partial charge in [0.15, 0.2) is 5.75 Å². The molecule has 0 unspecified atom stereocenters. The van der Waals surface area contributed by atoms with Crippen LogP contribution < -0.4 is 9.64 Å². The van der Waals surface area contributed by atoms with Gasteiger partial charge in [-0.15, -0.1) is 0 Å². The monoisotopic (exact) mass is 517 g/mol. The highest BCUT2D eigenvalue weighted by Gasteiger charge is 2.31. The van der Waals surface area contributed by atoms with Gasteiger partial charge in [0.25, 0.3) is 5.91 Å². The molecule has 1 saturated heterocycles. The van der Waals surface area contributed by atoms with E-state index in [1.54, 1.807) is 23.1 Å². The van der Waals surface area contributed by atoms with Gasteiger partial charge in [-0.25, -0.2) is 12.7 Å². The van der Waals surface area contributed by atoms with Crippen molar-refractivity contribution in [2.45, 2.75) is 44.4 Å². The summed E-state index contributed by atoms with van der Waals surface area (Å²) in [6.45, 7) is 7.60. The van der Waals surface area contributed by atoms with E-state index < -0.39 is 10.0 Å².